The summed E-state index contributed by atoms with van der Waals surface area (Å²) < 4.78 is 61.0. The number of benzene rings is 1. The zero-order valence-corrected chi connectivity index (χ0v) is 20.8. The fourth-order valence-corrected chi connectivity index (χ4v) is 4.11. The van der Waals surface area contributed by atoms with E-state index in [1.54, 1.807) is 35.7 Å². The van der Waals surface area contributed by atoms with Gasteiger partial charge in [0.05, 0.1) is 12.7 Å². The van der Waals surface area contributed by atoms with E-state index < -0.39 is 18.0 Å². The number of carboxylic acid groups (broad SMARTS) is 1. The lowest BCUT2D eigenvalue weighted by molar-refractivity contribution is -0.192. The van der Waals surface area contributed by atoms with Crippen LogP contribution in [-0.2, 0) is 11.4 Å². The van der Waals surface area contributed by atoms with Gasteiger partial charge in [-0.1, -0.05) is 4.49 Å². The number of likely N-dealkylation sites (tertiary alicyclic amines) is 1. The average Bonchev–Trinajstić information content (AvgIpc) is 3.41. The fourth-order valence-electron chi connectivity index (χ4n) is 3.67. The minimum Gasteiger partial charge on any atom is -0.496 e. The Kier molecular flexibility index (Phi) is 9.39. The zero-order chi connectivity index (χ0) is 27.9. The molecule has 3 aromatic rings. The number of hydrogen-bond acceptors (Lipinski definition) is 9. The second kappa shape index (κ2) is 12.5. The van der Waals surface area contributed by atoms with Crippen molar-refractivity contribution < 1.29 is 41.7 Å². The first-order chi connectivity index (χ1) is 18.0. The number of carbonyl (C=O) groups excluding carboxylic acids is 1. The lowest BCUT2D eigenvalue weighted by atomic mass is 9.89. The molecule has 10 nitrogen and oxygen atoms in total. The van der Waals surface area contributed by atoms with Gasteiger partial charge in [-0.25, -0.2) is 14.2 Å². The second-order valence-electron chi connectivity index (χ2n) is 8.05. The van der Waals surface area contributed by atoms with Crippen LogP contribution >= 0.6 is 11.5 Å². The molecule has 0 radical (unpaired) electrons. The number of pyridine rings is 1. The van der Waals surface area contributed by atoms with E-state index in [9.17, 15) is 22.4 Å². The van der Waals surface area contributed by atoms with E-state index in [2.05, 4.69) is 14.6 Å². The first kappa shape index (κ1) is 28.6. The van der Waals surface area contributed by atoms with E-state index in [0.29, 0.717) is 36.1 Å². The normalized spacial score (nSPS) is 13.9. The molecule has 0 saturated carbocycles. The minimum atomic E-state index is -5.08. The van der Waals surface area contributed by atoms with Gasteiger partial charge in [-0.15, -0.1) is 5.10 Å². The molecule has 1 amide bonds. The number of amides is 1. The number of rotatable bonds is 6. The Morgan fingerprint density at radius 1 is 1.24 bits per heavy atom. The molecule has 1 aliphatic rings. The van der Waals surface area contributed by atoms with Gasteiger partial charge < -0.3 is 25.2 Å². The van der Waals surface area contributed by atoms with Crippen LogP contribution in [0.5, 0.6) is 11.5 Å². The SMILES string of the molecule is COc1cc(N)ncc1C1CCN(C(=O)c2ccc(OCc3csnn3)cc2F)CC1.O=C(O)C(F)(F)F. The summed E-state index contributed by atoms with van der Waals surface area (Å²) in [6, 6.07) is 5.99. The molecule has 1 aliphatic heterocycles. The highest BCUT2D eigenvalue weighted by molar-refractivity contribution is 7.03. The molecule has 38 heavy (non-hydrogen) atoms. The number of carboxylic acids is 1. The number of carbonyl (C=O) groups is 2. The van der Waals surface area contributed by atoms with Crippen LogP contribution in [0.3, 0.4) is 0 Å². The highest BCUT2D eigenvalue weighted by atomic mass is 32.1. The number of anilines is 1. The predicted molar refractivity (Wildman–Crippen MR) is 127 cm³/mol. The lowest BCUT2D eigenvalue weighted by Crippen LogP contribution is -2.38. The van der Waals surface area contributed by atoms with E-state index in [1.165, 1.54) is 23.7 Å². The van der Waals surface area contributed by atoms with Gasteiger partial charge in [-0.05, 0) is 42.4 Å². The van der Waals surface area contributed by atoms with E-state index in [-0.39, 0.29) is 24.0 Å². The molecule has 1 aromatic carbocycles. The number of nitrogens with two attached hydrogens (primary N) is 1. The largest absolute Gasteiger partial charge is 0.496 e. The molecule has 3 N–H and O–H groups in total. The molecule has 4 rings (SSSR count). The first-order valence-electron chi connectivity index (χ1n) is 11.1. The number of hydrogen-bond donors (Lipinski definition) is 2. The number of halogens is 4. The molecular formula is C23H23F4N5O5S. The average molecular weight is 558 g/mol. The Hall–Kier alpha value is -4.01. The molecule has 15 heteroatoms. The maximum Gasteiger partial charge on any atom is 0.490 e. The van der Waals surface area contributed by atoms with Gasteiger partial charge in [0.1, 0.15) is 35.4 Å². The molecule has 1 saturated heterocycles. The van der Waals surface area contributed by atoms with E-state index in [0.717, 1.165) is 18.4 Å². The third kappa shape index (κ3) is 7.50. The van der Waals surface area contributed by atoms with Crippen molar-refractivity contribution in [2.45, 2.75) is 31.5 Å². The van der Waals surface area contributed by atoms with Crippen LogP contribution in [0.2, 0.25) is 0 Å². The van der Waals surface area contributed by atoms with E-state index in [4.69, 9.17) is 25.1 Å². The monoisotopic (exact) mass is 557 g/mol. The maximum absolute atomic E-state index is 14.6. The summed E-state index contributed by atoms with van der Waals surface area (Å²) in [5.41, 5.74) is 7.41. The molecule has 204 valence electrons. The Labute approximate surface area is 218 Å². The van der Waals surface area contributed by atoms with Crippen molar-refractivity contribution in [1.29, 1.82) is 0 Å². The Morgan fingerprint density at radius 2 is 1.92 bits per heavy atom. The number of ether oxygens (including phenoxy) is 2. The van der Waals surface area contributed by atoms with Gasteiger partial charge >= 0.3 is 12.1 Å². The Morgan fingerprint density at radius 3 is 2.47 bits per heavy atom. The van der Waals surface area contributed by atoms with Crippen LogP contribution in [0.1, 0.15) is 40.4 Å². The zero-order valence-electron chi connectivity index (χ0n) is 19.9. The van der Waals surface area contributed by atoms with Crippen molar-refractivity contribution >= 4 is 29.2 Å². The molecule has 3 heterocycles. The fraction of sp³-hybridized carbons (Fsp3) is 0.348. The highest BCUT2D eigenvalue weighted by Crippen LogP contribution is 2.35. The summed E-state index contributed by atoms with van der Waals surface area (Å²) in [5.74, 6) is -2.05. The van der Waals surface area contributed by atoms with Crippen molar-refractivity contribution in [1.82, 2.24) is 19.5 Å². The molecule has 0 spiro atoms. The number of methoxy groups -OCH3 is 1. The molecular weight excluding hydrogens is 534 g/mol. The van der Waals surface area contributed by atoms with Crippen LogP contribution in [0.15, 0.2) is 35.8 Å². The van der Waals surface area contributed by atoms with E-state index in [1.807, 2.05) is 0 Å². The van der Waals surface area contributed by atoms with Gasteiger partial charge in [0.2, 0.25) is 0 Å². The van der Waals surface area contributed by atoms with Gasteiger partial charge in [0, 0.05) is 42.4 Å². The minimum absolute atomic E-state index is 0.0351. The highest BCUT2D eigenvalue weighted by Gasteiger charge is 2.38. The summed E-state index contributed by atoms with van der Waals surface area (Å²) in [6.07, 6.45) is -1.88. The molecule has 0 bridgehead atoms. The van der Waals surface area contributed by atoms with Crippen molar-refractivity contribution in [2.75, 3.05) is 25.9 Å². The standard InChI is InChI=1S/C21H22FN5O3S.C2HF3O2/c1-29-19-9-20(23)24-10-17(19)13-4-6-27(7-5-13)21(28)16-3-2-15(8-18(16)22)30-11-14-12-31-26-25-14;3-2(4,5)1(6)7/h2-3,8-10,12-13H,4-7,11H2,1H3,(H2,23,24);(H,6,7). The van der Waals surface area contributed by atoms with E-state index >= 15 is 0 Å². The topological polar surface area (TPSA) is 141 Å². The summed E-state index contributed by atoms with van der Waals surface area (Å²) in [6.45, 7) is 1.23. The smallest absolute Gasteiger partial charge is 0.490 e. The number of nitrogens with zero attached hydrogens (tertiary/aromatic N) is 4. The van der Waals surface area contributed by atoms with Crippen LogP contribution in [0, 0.1) is 5.82 Å². The Balaban J connectivity index is 0.000000505. The van der Waals surface area contributed by atoms with Gasteiger partial charge in [0.15, 0.2) is 0 Å². The number of alkyl halides is 3. The van der Waals surface area contributed by atoms with Crippen molar-refractivity contribution in [3.05, 3.63) is 58.5 Å². The maximum atomic E-state index is 14.6. The molecule has 2 aromatic heterocycles. The van der Waals surface area contributed by atoms with Gasteiger partial charge in [-0.3, -0.25) is 4.79 Å². The third-order valence-electron chi connectivity index (χ3n) is 5.56. The predicted octanol–water partition coefficient (Wildman–Crippen LogP) is 3.90. The number of piperidine rings is 1. The molecule has 0 atom stereocenters. The summed E-state index contributed by atoms with van der Waals surface area (Å²) in [4.78, 5) is 27.6. The van der Waals surface area contributed by atoms with Crippen LogP contribution < -0.4 is 15.2 Å². The Bertz CT molecular complexity index is 1250. The number of aliphatic carboxylic acids is 1. The second-order valence-corrected chi connectivity index (χ2v) is 8.66. The van der Waals surface area contributed by atoms with Gasteiger partial charge in [0.25, 0.3) is 5.91 Å². The number of aromatic nitrogens is 3. The quantitative estimate of drug-likeness (QED) is 0.432. The summed E-state index contributed by atoms with van der Waals surface area (Å²) in [7, 11) is 1.60. The molecule has 1 fully saturated rings. The number of nitrogen functional groups attached to an aromatic ring is 1. The van der Waals surface area contributed by atoms with Crippen LogP contribution in [-0.4, -0.2) is 62.8 Å². The summed E-state index contributed by atoms with van der Waals surface area (Å²) >= 11 is 1.22. The first-order valence-corrected chi connectivity index (χ1v) is 11.9. The van der Waals surface area contributed by atoms with Crippen molar-refractivity contribution in [2.24, 2.45) is 0 Å². The van der Waals surface area contributed by atoms with Gasteiger partial charge in [-0.2, -0.15) is 13.2 Å². The lowest BCUT2D eigenvalue weighted by Gasteiger charge is -2.32. The molecule has 0 unspecified atom stereocenters. The molecule has 0 aliphatic carbocycles. The summed E-state index contributed by atoms with van der Waals surface area (Å²) in [5, 5.41) is 12.8. The van der Waals surface area contributed by atoms with Crippen LogP contribution in [0.4, 0.5) is 23.4 Å². The third-order valence-corrected chi connectivity index (χ3v) is 6.12. The van der Waals surface area contributed by atoms with Crippen LogP contribution in [0.25, 0.3) is 0 Å². The van der Waals surface area contributed by atoms with Crippen molar-refractivity contribution in [3.63, 3.8) is 0 Å². The van der Waals surface area contributed by atoms with Crippen molar-refractivity contribution in [3.8, 4) is 11.5 Å².